The standard InChI is InChI=1S/C19H34N6O.HI/c1-4-20-19(21-9-7-17-22-18(15(2)3)23-26-17)25-12-8-16(14-25)13-24-10-5-6-11-24;/h15-16H,4-14H2,1-3H3,(H,20,21);1H. The van der Waals surface area contributed by atoms with E-state index >= 15 is 0 Å². The molecule has 0 amide bonds. The highest BCUT2D eigenvalue weighted by atomic mass is 127. The van der Waals surface area contributed by atoms with Crippen LogP contribution in [0.1, 0.15) is 57.7 Å². The van der Waals surface area contributed by atoms with Crippen molar-refractivity contribution in [3.8, 4) is 0 Å². The lowest BCUT2D eigenvalue weighted by molar-refractivity contribution is 0.281. The van der Waals surface area contributed by atoms with Crippen molar-refractivity contribution in [2.24, 2.45) is 10.9 Å². The molecule has 0 bridgehead atoms. The van der Waals surface area contributed by atoms with Gasteiger partial charge in [-0.1, -0.05) is 19.0 Å². The number of rotatable bonds is 7. The fourth-order valence-electron chi connectivity index (χ4n) is 3.79. The molecule has 2 saturated heterocycles. The summed E-state index contributed by atoms with van der Waals surface area (Å²) < 4.78 is 5.31. The number of nitrogens with zero attached hydrogens (tertiary/aromatic N) is 5. The van der Waals surface area contributed by atoms with Crippen LogP contribution in [0.3, 0.4) is 0 Å². The zero-order valence-corrected chi connectivity index (χ0v) is 19.3. The average molecular weight is 490 g/mol. The third-order valence-electron chi connectivity index (χ3n) is 5.22. The molecule has 7 nitrogen and oxygen atoms in total. The van der Waals surface area contributed by atoms with Crippen molar-refractivity contribution in [1.29, 1.82) is 0 Å². The molecule has 1 atom stereocenters. The molecule has 1 aromatic heterocycles. The van der Waals surface area contributed by atoms with Crippen molar-refractivity contribution in [1.82, 2.24) is 25.3 Å². The minimum Gasteiger partial charge on any atom is -0.357 e. The summed E-state index contributed by atoms with van der Waals surface area (Å²) in [6.45, 7) is 13.9. The van der Waals surface area contributed by atoms with E-state index in [0.29, 0.717) is 24.8 Å². The third kappa shape index (κ3) is 6.58. The zero-order chi connectivity index (χ0) is 18.4. The second kappa shape index (κ2) is 11.2. The number of aromatic nitrogens is 2. The maximum atomic E-state index is 5.31. The molecule has 154 valence electrons. The highest BCUT2D eigenvalue weighted by Crippen LogP contribution is 2.20. The van der Waals surface area contributed by atoms with Crippen LogP contribution in [0.15, 0.2) is 9.52 Å². The molecule has 3 rings (SSSR count). The first kappa shape index (κ1) is 22.4. The Balaban J connectivity index is 0.00000261. The molecule has 2 aliphatic rings. The molecule has 1 N–H and O–H groups in total. The Hall–Kier alpha value is -0.900. The van der Waals surface area contributed by atoms with Gasteiger partial charge < -0.3 is 19.6 Å². The van der Waals surface area contributed by atoms with E-state index in [1.807, 2.05) is 0 Å². The van der Waals surface area contributed by atoms with Gasteiger partial charge in [-0.05, 0) is 45.2 Å². The fourth-order valence-corrected chi connectivity index (χ4v) is 3.79. The fraction of sp³-hybridized carbons (Fsp3) is 0.842. The van der Waals surface area contributed by atoms with Gasteiger partial charge in [-0.2, -0.15) is 4.98 Å². The Kier molecular flexibility index (Phi) is 9.28. The minimum atomic E-state index is 0. The van der Waals surface area contributed by atoms with Crippen LogP contribution >= 0.6 is 24.0 Å². The zero-order valence-electron chi connectivity index (χ0n) is 17.0. The Morgan fingerprint density at radius 2 is 2.07 bits per heavy atom. The van der Waals surface area contributed by atoms with Gasteiger partial charge in [-0.3, -0.25) is 4.99 Å². The maximum Gasteiger partial charge on any atom is 0.228 e. The predicted molar refractivity (Wildman–Crippen MR) is 119 cm³/mol. The lowest BCUT2D eigenvalue weighted by Crippen LogP contribution is -2.41. The molecule has 1 aromatic rings. The van der Waals surface area contributed by atoms with Gasteiger partial charge in [0.25, 0.3) is 0 Å². The Morgan fingerprint density at radius 1 is 1.30 bits per heavy atom. The van der Waals surface area contributed by atoms with Gasteiger partial charge in [0.1, 0.15) is 0 Å². The SMILES string of the molecule is CCNC(=NCCc1nc(C(C)C)no1)N1CCC(CN2CCCC2)C1.I. The maximum absolute atomic E-state index is 5.31. The van der Waals surface area contributed by atoms with Gasteiger partial charge in [0.05, 0.1) is 6.54 Å². The summed E-state index contributed by atoms with van der Waals surface area (Å²) in [4.78, 5) is 14.3. The quantitative estimate of drug-likeness (QED) is 0.360. The summed E-state index contributed by atoms with van der Waals surface area (Å²) in [6, 6.07) is 0. The summed E-state index contributed by atoms with van der Waals surface area (Å²) in [5.41, 5.74) is 0. The molecule has 3 heterocycles. The average Bonchev–Trinajstić information content (AvgIpc) is 3.36. The Bertz CT molecular complexity index is 585. The van der Waals surface area contributed by atoms with Gasteiger partial charge in [0.15, 0.2) is 11.8 Å². The number of halogens is 1. The lowest BCUT2D eigenvalue weighted by Gasteiger charge is -2.23. The number of guanidine groups is 1. The molecule has 0 spiro atoms. The molecule has 2 aliphatic heterocycles. The second-order valence-corrected chi connectivity index (χ2v) is 7.80. The largest absolute Gasteiger partial charge is 0.357 e. The van der Waals surface area contributed by atoms with Gasteiger partial charge >= 0.3 is 0 Å². The first-order valence-electron chi connectivity index (χ1n) is 10.2. The van der Waals surface area contributed by atoms with Crippen molar-refractivity contribution >= 4 is 29.9 Å². The summed E-state index contributed by atoms with van der Waals surface area (Å²) in [6.07, 6.45) is 4.70. The van der Waals surface area contributed by atoms with E-state index in [1.165, 1.54) is 38.9 Å². The smallest absolute Gasteiger partial charge is 0.228 e. The van der Waals surface area contributed by atoms with E-state index in [1.54, 1.807) is 0 Å². The second-order valence-electron chi connectivity index (χ2n) is 7.80. The molecule has 0 saturated carbocycles. The Morgan fingerprint density at radius 3 is 2.74 bits per heavy atom. The van der Waals surface area contributed by atoms with Crippen LogP contribution in [-0.4, -0.2) is 71.7 Å². The molecule has 27 heavy (non-hydrogen) atoms. The lowest BCUT2D eigenvalue weighted by atomic mass is 10.1. The summed E-state index contributed by atoms with van der Waals surface area (Å²) in [7, 11) is 0. The van der Waals surface area contributed by atoms with Crippen LogP contribution in [0.5, 0.6) is 0 Å². The van der Waals surface area contributed by atoms with Crippen molar-refractivity contribution in [2.45, 2.75) is 52.4 Å². The van der Waals surface area contributed by atoms with Crippen LogP contribution in [0, 0.1) is 5.92 Å². The molecule has 1 unspecified atom stereocenters. The Labute approximate surface area is 180 Å². The van der Waals surface area contributed by atoms with E-state index in [-0.39, 0.29) is 24.0 Å². The van der Waals surface area contributed by atoms with Crippen molar-refractivity contribution in [3.05, 3.63) is 11.7 Å². The number of likely N-dealkylation sites (tertiary alicyclic amines) is 2. The highest BCUT2D eigenvalue weighted by molar-refractivity contribution is 14.0. The first-order valence-corrected chi connectivity index (χ1v) is 10.2. The molecule has 2 fully saturated rings. The molecule has 0 aromatic carbocycles. The van der Waals surface area contributed by atoms with Gasteiger partial charge in [0.2, 0.25) is 5.89 Å². The van der Waals surface area contributed by atoms with Crippen LogP contribution in [0.25, 0.3) is 0 Å². The van der Waals surface area contributed by atoms with Gasteiger partial charge in [-0.25, -0.2) is 0 Å². The number of aliphatic imine (C=N–C) groups is 1. The number of hydrogen-bond donors (Lipinski definition) is 1. The monoisotopic (exact) mass is 490 g/mol. The topological polar surface area (TPSA) is 69.8 Å². The first-order chi connectivity index (χ1) is 12.7. The van der Waals surface area contributed by atoms with E-state index < -0.39 is 0 Å². The van der Waals surface area contributed by atoms with Crippen molar-refractivity contribution < 1.29 is 4.52 Å². The van der Waals surface area contributed by atoms with Gasteiger partial charge in [-0.15, -0.1) is 24.0 Å². The van der Waals surface area contributed by atoms with Crippen molar-refractivity contribution in [2.75, 3.05) is 45.8 Å². The minimum absolute atomic E-state index is 0. The predicted octanol–water partition coefficient (Wildman–Crippen LogP) is 2.74. The normalized spacial score (nSPS) is 21.1. The third-order valence-corrected chi connectivity index (χ3v) is 5.22. The van der Waals surface area contributed by atoms with Crippen LogP contribution in [-0.2, 0) is 6.42 Å². The summed E-state index contributed by atoms with van der Waals surface area (Å²) in [5, 5.41) is 7.46. The number of hydrogen-bond acceptors (Lipinski definition) is 5. The van der Waals surface area contributed by atoms with Crippen LogP contribution in [0.2, 0.25) is 0 Å². The van der Waals surface area contributed by atoms with E-state index in [4.69, 9.17) is 9.52 Å². The molecular weight excluding hydrogens is 455 g/mol. The summed E-state index contributed by atoms with van der Waals surface area (Å²) in [5.74, 6) is 3.55. The van der Waals surface area contributed by atoms with E-state index in [9.17, 15) is 0 Å². The van der Waals surface area contributed by atoms with Crippen LogP contribution < -0.4 is 5.32 Å². The summed E-state index contributed by atoms with van der Waals surface area (Å²) >= 11 is 0. The molecule has 8 heteroatoms. The van der Waals surface area contributed by atoms with E-state index in [2.05, 4.69) is 46.0 Å². The van der Waals surface area contributed by atoms with Gasteiger partial charge in [0, 0.05) is 38.5 Å². The highest BCUT2D eigenvalue weighted by Gasteiger charge is 2.27. The van der Waals surface area contributed by atoms with Crippen molar-refractivity contribution in [3.63, 3.8) is 0 Å². The molecule has 0 radical (unpaired) electrons. The number of nitrogens with one attached hydrogen (secondary N) is 1. The van der Waals surface area contributed by atoms with Crippen LogP contribution in [0.4, 0.5) is 0 Å². The molecular formula is C19H35IN6O. The molecule has 0 aliphatic carbocycles. The van der Waals surface area contributed by atoms with E-state index in [0.717, 1.165) is 37.3 Å².